The van der Waals surface area contributed by atoms with Gasteiger partial charge >= 0.3 is 11.9 Å². The third kappa shape index (κ3) is 12.3. The van der Waals surface area contributed by atoms with Crippen molar-refractivity contribution in [3.63, 3.8) is 0 Å². The number of aldehydes is 1. The van der Waals surface area contributed by atoms with Gasteiger partial charge in [-0.1, -0.05) is 30.3 Å². The highest BCUT2D eigenvalue weighted by atomic mass is 16.6. The zero-order chi connectivity index (χ0) is 42.9. The smallest absolute Gasteiger partial charge is 0.343 e. The van der Waals surface area contributed by atoms with Gasteiger partial charge in [0.15, 0.2) is 18.1 Å². The Morgan fingerprint density at radius 2 is 1.14 bits per heavy atom. The summed E-state index contributed by atoms with van der Waals surface area (Å²) in [4.78, 5) is 57.6. The Hall–Kier alpha value is -6.37. The summed E-state index contributed by atoms with van der Waals surface area (Å²) in [5.74, 6) is 1.40. The Kier molecular flexibility index (Phi) is 17.3. The summed E-state index contributed by atoms with van der Waals surface area (Å²) >= 11 is 0. The van der Waals surface area contributed by atoms with Crippen LogP contribution in [0.15, 0.2) is 48.5 Å². The predicted molar refractivity (Wildman–Crippen MR) is 218 cm³/mol. The largest absolute Gasteiger partial charge is 0.493 e. The van der Waals surface area contributed by atoms with Gasteiger partial charge in [0.05, 0.1) is 21.3 Å². The fraction of sp³-hybridized carbons (Fsp3) is 0.370. The van der Waals surface area contributed by atoms with Crippen LogP contribution in [0.4, 0.5) is 0 Å². The van der Waals surface area contributed by atoms with Gasteiger partial charge in [-0.05, 0) is 109 Å². The standard InChI is InChI=1S/C46H52O13/c1-29-18-36(31(3)39(45(29)58-17-15-56-28-49)22-34-9-12-41(42(23-34)52-5)57-16-14-55-27-48)24-37-19-30(2)46(59-26-44(51)54-7)40(32(37)4)21-33-8-10-35(38(20-33)25-47)11-13-43(50)53-6/h8-10,12,18-20,23,25,27-28H,11,13-17,21-22,24,26H2,1-7H3. The zero-order valence-electron chi connectivity index (χ0n) is 34.7. The Bertz CT molecular complexity index is 2120. The third-order valence-electron chi connectivity index (χ3n) is 10.1. The van der Waals surface area contributed by atoms with Gasteiger partial charge in [-0.3, -0.25) is 19.2 Å². The van der Waals surface area contributed by atoms with E-state index < -0.39 is 5.97 Å². The van der Waals surface area contributed by atoms with Crippen molar-refractivity contribution in [2.24, 2.45) is 0 Å². The van der Waals surface area contributed by atoms with Gasteiger partial charge in [0.1, 0.15) is 44.2 Å². The second-order valence-corrected chi connectivity index (χ2v) is 13.8. The number of benzene rings is 4. The van der Waals surface area contributed by atoms with E-state index >= 15 is 0 Å². The van der Waals surface area contributed by atoms with E-state index in [4.69, 9.17) is 37.9 Å². The van der Waals surface area contributed by atoms with E-state index in [1.807, 2.05) is 57.2 Å². The maximum absolute atomic E-state index is 12.2. The molecule has 0 amide bonds. The van der Waals surface area contributed by atoms with Crippen LogP contribution in [0.5, 0.6) is 23.0 Å². The Labute approximate surface area is 344 Å². The molecule has 0 atom stereocenters. The fourth-order valence-corrected chi connectivity index (χ4v) is 6.93. The van der Waals surface area contributed by atoms with Crippen molar-refractivity contribution in [3.8, 4) is 23.0 Å². The lowest BCUT2D eigenvalue weighted by Gasteiger charge is -2.23. The summed E-state index contributed by atoms with van der Waals surface area (Å²) in [6.45, 7) is 9.00. The van der Waals surface area contributed by atoms with Crippen LogP contribution >= 0.6 is 0 Å². The SMILES string of the molecule is COC(=O)CCc1ccc(Cc2c(C)c(Cc3cc(C)c(OCCOC=O)c(Cc4ccc(OCCOC=O)c(OC)c4)c3C)cc(C)c2OCC(=O)OC)cc1C=O. The van der Waals surface area contributed by atoms with Crippen molar-refractivity contribution in [1.29, 1.82) is 0 Å². The first-order valence-electron chi connectivity index (χ1n) is 19.1. The quantitative estimate of drug-likeness (QED) is 0.0337. The lowest BCUT2D eigenvalue weighted by Crippen LogP contribution is -2.15. The molecule has 314 valence electrons. The molecule has 0 fully saturated rings. The first-order chi connectivity index (χ1) is 28.5. The van der Waals surface area contributed by atoms with Crippen LogP contribution in [-0.4, -0.2) is 85.5 Å². The van der Waals surface area contributed by atoms with Crippen molar-refractivity contribution in [3.05, 3.63) is 115 Å². The summed E-state index contributed by atoms with van der Waals surface area (Å²) in [6.07, 6.45) is 2.74. The molecule has 0 N–H and O–H groups in total. The molecule has 0 heterocycles. The molecule has 4 rings (SSSR count). The highest BCUT2D eigenvalue weighted by Crippen LogP contribution is 2.38. The van der Waals surface area contributed by atoms with Crippen molar-refractivity contribution in [2.75, 3.05) is 54.4 Å². The number of hydrogen-bond acceptors (Lipinski definition) is 13. The van der Waals surface area contributed by atoms with Gasteiger partial charge in [-0.15, -0.1) is 0 Å². The monoisotopic (exact) mass is 812 g/mol. The molecule has 13 heteroatoms. The van der Waals surface area contributed by atoms with E-state index in [0.29, 0.717) is 67.2 Å². The maximum Gasteiger partial charge on any atom is 0.343 e. The number of rotatable bonds is 24. The zero-order valence-corrected chi connectivity index (χ0v) is 34.7. The second kappa shape index (κ2) is 22.5. The summed E-state index contributed by atoms with van der Waals surface area (Å²) in [5.41, 5.74) is 10.6. The van der Waals surface area contributed by atoms with Gasteiger partial charge in [0, 0.05) is 36.0 Å². The topological polar surface area (TPSA) is 159 Å². The molecule has 4 aromatic rings. The summed E-state index contributed by atoms with van der Waals surface area (Å²) in [7, 11) is 4.19. The average Bonchev–Trinajstić information content (AvgIpc) is 3.24. The Morgan fingerprint density at radius 3 is 1.69 bits per heavy atom. The minimum atomic E-state index is -0.516. The maximum atomic E-state index is 12.2. The van der Waals surface area contributed by atoms with Crippen molar-refractivity contribution >= 4 is 31.2 Å². The minimum Gasteiger partial charge on any atom is -0.493 e. The van der Waals surface area contributed by atoms with Crippen molar-refractivity contribution < 1.29 is 61.9 Å². The van der Waals surface area contributed by atoms with Crippen molar-refractivity contribution in [2.45, 2.75) is 59.8 Å². The highest BCUT2D eigenvalue weighted by molar-refractivity contribution is 5.78. The molecule has 0 aliphatic heterocycles. The molecule has 13 nitrogen and oxygen atoms in total. The van der Waals surface area contributed by atoms with E-state index in [1.54, 1.807) is 7.11 Å². The van der Waals surface area contributed by atoms with Crippen LogP contribution in [-0.2, 0) is 63.8 Å². The van der Waals surface area contributed by atoms with Crippen LogP contribution in [0.1, 0.15) is 78.0 Å². The third-order valence-corrected chi connectivity index (χ3v) is 10.1. The van der Waals surface area contributed by atoms with Gasteiger partial charge in [-0.2, -0.15) is 0 Å². The van der Waals surface area contributed by atoms with Crippen molar-refractivity contribution in [1.82, 2.24) is 0 Å². The summed E-state index contributed by atoms with van der Waals surface area (Å²) < 4.78 is 43.1. The molecular formula is C46H52O13. The molecule has 0 aliphatic carbocycles. The molecule has 0 spiro atoms. The number of carbonyl (C=O) groups is 5. The van der Waals surface area contributed by atoms with E-state index in [9.17, 15) is 24.0 Å². The Balaban J connectivity index is 1.77. The average molecular weight is 813 g/mol. The Morgan fingerprint density at radius 1 is 0.576 bits per heavy atom. The lowest BCUT2D eigenvalue weighted by atomic mass is 9.86. The van der Waals surface area contributed by atoms with Gasteiger partial charge in [0.2, 0.25) is 0 Å². The van der Waals surface area contributed by atoms with Crippen LogP contribution in [0.25, 0.3) is 0 Å². The number of carbonyl (C=O) groups excluding carboxylic acids is 5. The first kappa shape index (κ1) is 45.3. The van der Waals surface area contributed by atoms with Gasteiger partial charge in [-0.25, -0.2) is 4.79 Å². The van der Waals surface area contributed by atoms with Crippen LogP contribution < -0.4 is 18.9 Å². The molecule has 0 aromatic heterocycles. The number of ether oxygens (including phenoxy) is 8. The fourth-order valence-electron chi connectivity index (χ4n) is 6.93. The molecule has 4 aromatic carbocycles. The number of methoxy groups -OCH3 is 3. The predicted octanol–water partition coefficient (Wildman–Crippen LogP) is 6.27. The van der Waals surface area contributed by atoms with Crippen LogP contribution in [0, 0.1) is 27.7 Å². The first-order valence-corrected chi connectivity index (χ1v) is 19.1. The van der Waals surface area contributed by atoms with E-state index in [0.717, 1.165) is 67.5 Å². The molecule has 0 bridgehead atoms. The molecule has 0 aliphatic rings. The summed E-state index contributed by atoms with van der Waals surface area (Å²) in [6, 6.07) is 15.4. The molecule has 0 unspecified atom stereocenters. The van der Waals surface area contributed by atoms with Crippen LogP contribution in [0.2, 0.25) is 0 Å². The molecule has 0 saturated heterocycles. The van der Waals surface area contributed by atoms with E-state index in [-0.39, 0.29) is 45.4 Å². The molecule has 0 radical (unpaired) electrons. The second-order valence-electron chi connectivity index (χ2n) is 13.8. The summed E-state index contributed by atoms with van der Waals surface area (Å²) in [5, 5.41) is 0. The number of hydrogen-bond donors (Lipinski definition) is 0. The molecule has 59 heavy (non-hydrogen) atoms. The van der Waals surface area contributed by atoms with E-state index in [2.05, 4.69) is 19.1 Å². The van der Waals surface area contributed by atoms with Gasteiger partial charge < -0.3 is 37.9 Å². The molecular weight excluding hydrogens is 760 g/mol. The number of aryl methyl sites for hydroxylation is 3. The van der Waals surface area contributed by atoms with E-state index in [1.165, 1.54) is 14.2 Å². The molecule has 0 saturated carbocycles. The normalized spacial score (nSPS) is 10.6. The minimum absolute atomic E-state index is 0.0903. The number of esters is 2. The highest BCUT2D eigenvalue weighted by Gasteiger charge is 2.21. The van der Waals surface area contributed by atoms with Gasteiger partial charge in [0.25, 0.3) is 12.9 Å². The lowest BCUT2D eigenvalue weighted by molar-refractivity contribution is -0.143. The van der Waals surface area contributed by atoms with Crippen LogP contribution in [0.3, 0.4) is 0 Å².